The normalized spacial score (nSPS) is 18.0. The predicted molar refractivity (Wildman–Crippen MR) is 79.3 cm³/mol. The molecule has 1 amide bonds. The smallest absolute Gasteiger partial charge is 0.251 e. The lowest BCUT2D eigenvalue weighted by Crippen LogP contribution is -2.25. The van der Waals surface area contributed by atoms with E-state index < -0.39 is 0 Å². The number of anilines is 1. The van der Waals surface area contributed by atoms with Gasteiger partial charge in [-0.25, -0.2) is 0 Å². The largest absolute Gasteiger partial charge is 0.366 e. The van der Waals surface area contributed by atoms with E-state index in [9.17, 15) is 4.79 Å². The Kier molecular flexibility index (Phi) is 3.87. The van der Waals surface area contributed by atoms with E-state index in [0.29, 0.717) is 16.6 Å². The van der Waals surface area contributed by atoms with Crippen molar-refractivity contribution in [1.82, 2.24) is 5.32 Å². The van der Waals surface area contributed by atoms with Crippen molar-refractivity contribution in [1.29, 1.82) is 0 Å². The van der Waals surface area contributed by atoms with Crippen molar-refractivity contribution in [3.05, 3.63) is 16.0 Å². The molecule has 2 rings (SSSR count). The van der Waals surface area contributed by atoms with Crippen molar-refractivity contribution in [3.8, 4) is 0 Å². The monoisotopic (exact) mass is 283 g/mol. The molecular formula is C12H17N3OS2. The van der Waals surface area contributed by atoms with Crippen LogP contribution in [0, 0.1) is 5.92 Å². The summed E-state index contributed by atoms with van der Waals surface area (Å²) in [4.78, 5) is 12.9. The third kappa shape index (κ3) is 2.49. The third-order valence-corrected chi connectivity index (χ3v) is 4.69. The lowest BCUT2D eigenvalue weighted by Gasteiger charge is -2.18. The summed E-state index contributed by atoms with van der Waals surface area (Å²) >= 11 is 6.68. The highest BCUT2D eigenvalue weighted by Gasteiger charge is 2.26. The molecule has 18 heavy (non-hydrogen) atoms. The Hall–Kier alpha value is -1.14. The van der Waals surface area contributed by atoms with Crippen LogP contribution in [0.15, 0.2) is 0 Å². The number of hydrogen-bond donors (Lipinski definition) is 3. The summed E-state index contributed by atoms with van der Waals surface area (Å²) in [6.07, 6.45) is 3.06. The summed E-state index contributed by atoms with van der Waals surface area (Å²) in [5.74, 6) is 0.296. The maximum Gasteiger partial charge on any atom is 0.251 e. The van der Waals surface area contributed by atoms with E-state index in [1.165, 1.54) is 4.88 Å². The zero-order valence-electron chi connectivity index (χ0n) is 10.5. The topological polar surface area (TPSA) is 67.2 Å². The Balaban J connectivity index is 2.40. The first-order valence-corrected chi connectivity index (χ1v) is 7.18. The minimum absolute atomic E-state index is 0.372. The number of amides is 1. The molecule has 98 valence electrons. The molecule has 1 aliphatic carbocycles. The van der Waals surface area contributed by atoms with Gasteiger partial charge in [0.25, 0.3) is 5.91 Å². The fourth-order valence-electron chi connectivity index (χ4n) is 2.27. The Morgan fingerprint density at radius 1 is 1.56 bits per heavy atom. The number of nitrogens with one attached hydrogen (secondary N) is 2. The highest BCUT2D eigenvalue weighted by molar-refractivity contribution is 7.80. The SMILES string of the molecule is CNC(=S)Nc1sc2c(c1C(N)=O)CC[C@H](C)C2. The number of nitrogens with two attached hydrogens (primary N) is 1. The molecular weight excluding hydrogens is 266 g/mol. The second kappa shape index (κ2) is 5.24. The van der Waals surface area contributed by atoms with Crippen molar-refractivity contribution >= 4 is 39.6 Å². The number of rotatable bonds is 2. The van der Waals surface area contributed by atoms with E-state index in [0.717, 1.165) is 29.8 Å². The van der Waals surface area contributed by atoms with Crippen LogP contribution in [0.25, 0.3) is 0 Å². The Morgan fingerprint density at radius 2 is 2.28 bits per heavy atom. The van der Waals surface area contributed by atoms with Gasteiger partial charge in [0.15, 0.2) is 5.11 Å². The first-order chi connectivity index (χ1) is 8.52. The highest BCUT2D eigenvalue weighted by Crippen LogP contribution is 2.39. The maximum absolute atomic E-state index is 11.6. The number of hydrogen-bond acceptors (Lipinski definition) is 3. The Bertz CT molecular complexity index is 496. The van der Waals surface area contributed by atoms with Gasteiger partial charge in [0, 0.05) is 11.9 Å². The maximum atomic E-state index is 11.6. The van der Waals surface area contributed by atoms with E-state index in [2.05, 4.69) is 17.6 Å². The number of thiophene rings is 1. The number of carbonyl (C=O) groups is 1. The Labute approximate surface area is 116 Å². The molecule has 0 aliphatic heterocycles. The van der Waals surface area contributed by atoms with Crippen LogP contribution in [0.4, 0.5) is 5.00 Å². The quantitative estimate of drug-likeness (QED) is 0.725. The van der Waals surface area contributed by atoms with Crippen LogP contribution in [0.5, 0.6) is 0 Å². The fraction of sp³-hybridized carbons (Fsp3) is 0.500. The molecule has 0 radical (unpaired) electrons. The van der Waals surface area contributed by atoms with Crippen molar-refractivity contribution in [2.45, 2.75) is 26.2 Å². The first kappa shape index (κ1) is 13.3. The summed E-state index contributed by atoms with van der Waals surface area (Å²) in [6, 6.07) is 0. The summed E-state index contributed by atoms with van der Waals surface area (Å²) in [7, 11) is 1.74. The minimum atomic E-state index is -0.372. The first-order valence-electron chi connectivity index (χ1n) is 5.96. The number of thiocarbonyl (C=S) groups is 1. The van der Waals surface area contributed by atoms with Crippen molar-refractivity contribution in [2.75, 3.05) is 12.4 Å². The second-order valence-electron chi connectivity index (χ2n) is 4.62. The van der Waals surface area contributed by atoms with Crippen LogP contribution in [0.2, 0.25) is 0 Å². The van der Waals surface area contributed by atoms with Gasteiger partial charge in [0.05, 0.1) is 5.56 Å². The molecule has 0 spiro atoms. The van der Waals surface area contributed by atoms with Crippen molar-refractivity contribution in [2.24, 2.45) is 11.7 Å². The fourth-order valence-corrected chi connectivity index (χ4v) is 3.85. The lowest BCUT2D eigenvalue weighted by atomic mass is 9.88. The molecule has 1 heterocycles. The lowest BCUT2D eigenvalue weighted by molar-refractivity contribution is 0.100. The van der Waals surface area contributed by atoms with Gasteiger partial charge >= 0.3 is 0 Å². The van der Waals surface area contributed by atoms with Gasteiger partial charge in [-0.2, -0.15) is 0 Å². The molecule has 1 aromatic heterocycles. The number of primary amides is 1. The highest BCUT2D eigenvalue weighted by atomic mass is 32.1. The van der Waals surface area contributed by atoms with Gasteiger partial charge in [0.2, 0.25) is 0 Å². The molecule has 6 heteroatoms. The van der Waals surface area contributed by atoms with Crippen molar-refractivity contribution < 1.29 is 4.79 Å². The van der Waals surface area contributed by atoms with Crippen molar-refractivity contribution in [3.63, 3.8) is 0 Å². The molecule has 1 aromatic rings. The molecule has 0 bridgehead atoms. The second-order valence-corrected chi connectivity index (χ2v) is 6.14. The van der Waals surface area contributed by atoms with Crippen LogP contribution >= 0.6 is 23.6 Å². The standard InChI is InChI=1S/C12H17N3OS2/c1-6-3-4-7-8(5-6)18-11(9(7)10(13)16)15-12(17)14-2/h6H,3-5H2,1-2H3,(H2,13,16)(H2,14,15,17)/t6-/m0/s1. The third-order valence-electron chi connectivity index (χ3n) is 3.21. The van der Waals surface area contributed by atoms with Crippen LogP contribution in [0.1, 0.15) is 34.1 Å². The zero-order valence-corrected chi connectivity index (χ0v) is 12.1. The van der Waals surface area contributed by atoms with Crippen LogP contribution in [0.3, 0.4) is 0 Å². The minimum Gasteiger partial charge on any atom is -0.366 e. The number of carbonyl (C=O) groups excluding carboxylic acids is 1. The molecule has 1 aliphatic rings. The molecule has 4 nitrogen and oxygen atoms in total. The molecule has 0 saturated carbocycles. The van der Waals surface area contributed by atoms with E-state index in [4.69, 9.17) is 18.0 Å². The van der Waals surface area contributed by atoms with Gasteiger partial charge in [-0.1, -0.05) is 6.92 Å². The van der Waals surface area contributed by atoms with Gasteiger partial charge in [-0.05, 0) is 43.0 Å². The van der Waals surface area contributed by atoms with E-state index >= 15 is 0 Å². The van der Waals surface area contributed by atoms with Gasteiger partial charge in [-0.15, -0.1) is 11.3 Å². The van der Waals surface area contributed by atoms with Crippen LogP contribution in [-0.2, 0) is 12.8 Å². The molecule has 0 aromatic carbocycles. The summed E-state index contributed by atoms with van der Waals surface area (Å²) in [6.45, 7) is 2.23. The van der Waals surface area contributed by atoms with E-state index in [1.54, 1.807) is 18.4 Å². The van der Waals surface area contributed by atoms with Gasteiger partial charge < -0.3 is 16.4 Å². The summed E-state index contributed by atoms with van der Waals surface area (Å²) < 4.78 is 0. The average molecular weight is 283 g/mol. The summed E-state index contributed by atoms with van der Waals surface area (Å²) in [5, 5.41) is 7.18. The Morgan fingerprint density at radius 3 is 2.89 bits per heavy atom. The molecule has 0 fully saturated rings. The molecule has 1 atom stereocenters. The van der Waals surface area contributed by atoms with E-state index in [1.807, 2.05) is 0 Å². The van der Waals surface area contributed by atoms with Gasteiger partial charge in [0.1, 0.15) is 5.00 Å². The predicted octanol–water partition coefficient (Wildman–Crippen LogP) is 1.89. The van der Waals surface area contributed by atoms with Crippen LogP contribution in [-0.4, -0.2) is 18.1 Å². The van der Waals surface area contributed by atoms with Crippen LogP contribution < -0.4 is 16.4 Å². The molecule has 0 saturated heterocycles. The zero-order chi connectivity index (χ0) is 13.3. The molecule has 0 unspecified atom stereocenters. The summed E-state index contributed by atoms with van der Waals surface area (Å²) in [5.41, 5.74) is 7.24. The average Bonchev–Trinajstić information content (AvgIpc) is 2.65. The number of fused-ring (bicyclic) bond motifs is 1. The van der Waals surface area contributed by atoms with Gasteiger partial charge in [-0.3, -0.25) is 4.79 Å². The van der Waals surface area contributed by atoms with E-state index in [-0.39, 0.29) is 5.91 Å². The molecule has 4 N–H and O–H groups in total.